The van der Waals surface area contributed by atoms with Crippen LogP contribution in [-0.4, -0.2) is 32.7 Å². The van der Waals surface area contributed by atoms with Crippen molar-refractivity contribution in [2.24, 2.45) is 0 Å². The minimum absolute atomic E-state index is 0.135. The highest BCUT2D eigenvalue weighted by molar-refractivity contribution is 7.93. The maximum atomic E-state index is 12.7. The molecule has 2 rings (SSSR count). The summed E-state index contributed by atoms with van der Waals surface area (Å²) in [4.78, 5) is 22.7. The molecule has 0 fully saturated rings. The molecule has 1 unspecified atom stereocenters. The number of sulfonamides is 1. The molecule has 2 N–H and O–H groups in total. The predicted octanol–water partition coefficient (Wildman–Crippen LogP) is 1.72. The Kier molecular flexibility index (Phi) is 6.19. The molecule has 1 atom stereocenters. The van der Waals surface area contributed by atoms with Crippen LogP contribution in [0.4, 0.5) is 5.69 Å². The average Bonchev–Trinajstić information content (AvgIpc) is 2.60. The second-order valence-electron chi connectivity index (χ2n) is 5.82. The highest BCUT2D eigenvalue weighted by Gasteiger charge is 2.34. The number of methoxy groups -OCH3 is 1. The van der Waals surface area contributed by atoms with Gasteiger partial charge in [0, 0.05) is 19.2 Å². The van der Waals surface area contributed by atoms with Crippen LogP contribution in [0.5, 0.6) is 0 Å². The number of carbonyl (C=O) groups excluding carboxylic acids is 2. The molecule has 1 aliphatic carbocycles. The Morgan fingerprint density at radius 1 is 1.24 bits per heavy atom. The number of carbonyl (C=O) groups is 2. The Bertz CT molecular complexity index is 769. The van der Waals surface area contributed by atoms with Crippen molar-refractivity contribution in [2.45, 2.75) is 38.0 Å². The lowest BCUT2D eigenvalue weighted by atomic mass is 9.99. The molecular weight excluding hydrogens is 344 g/mol. The van der Waals surface area contributed by atoms with Crippen molar-refractivity contribution < 1.29 is 22.7 Å². The highest BCUT2D eigenvalue weighted by atomic mass is 32.2. The summed E-state index contributed by atoms with van der Waals surface area (Å²) in [5.41, 5.74) is 1.44. The minimum atomic E-state index is -3.77. The van der Waals surface area contributed by atoms with Crippen LogP contribution in [-0.2, 0) is 30.9 Å². The molecule has 0 bridgehead atoms. The molecule has 1 aliphatic rings. The van der Waals surface area contributed by atoms with Gasteiger partial charge in [-0.2, -0.15) is 0 Å². The van der Waals surface area contributed by atoms with Crippen LogP contribution >= 0.6 is 0 Å². The predicted molar refractivity (Wildman–Crippen MR) is 94.2 cm³/mol. The Hall–Kier alpha value is -2.35. The molecule has 0 aromatic heterocycles. The zero-order chi connectivity index (χ0) is 18.4. The van der Waals surface area contributed by atoms with Gasteiger partial charge in [-0.3, -0.25) is 9.52 Å². The average molecular weight is 366 g/mol. The summed E-state index contributed by atoms with van der Waals surface area (Å²) in [6.45, 7) is 1.80. The van der Waals surface area contributed by atoms with E-state index in [0.29, 0.717) is 31.5 Å². The van der Waals surface area contributed by atoms with Crippen LogP contribution in [0.2, 0.25) is 0 Å². The normalized spacial score (nSPS) is 17.4. The van der Waals surface area contributed by atoms with Crippen molar-refractivity contribution in [1.29, 1.82) is 0 Å². The second-order valence-corrected chi connectivity index (χ2v) is 7.69. The summed E-state index contributed by atoms with van der Waals surface area (Å²) in [6, 6.07) is 6.70. The number of hydrogen-bond acceptors (Lipinski definition) is 5. The van der Waals surface area contributed by atoms with E-state index in [0.717, 1.165) is 5.56 Å². The van der Waals surface area contributed by atoms with Gasteiger partial charge in [-0.15, -0.1) is 0 Å². The van der Waals surface area contributed by atoms with E-state index in [9.17, 15) is 18.0 Å². The van der Waals surface area contributed by atoms with Crippen molar-refractivity contribution in [2.75, 3.05) is 11.8 Å². The molecule has 0 radical (unpaired) electrons. The number of ether oxygens (including phenoxy) is 1. The van der Waals surface area contributed by atoms with Gasteiger partial charge in [0.1, 0.15) is 5.25 Å². The molecule has 7 nitrogen and oxygen atoms in total. The van der Waals surface area contributed by atoms with Gasteiger partial charge in [-0.1, -0.05) is 18.2 Å². The van der Waals surface area contributed by atoms with E-state index in [1.54, 1.807) is 30.3 Å². The van der Waals surface area contributed by atoms with Crippen LogP contribution < -0.4 is 10.0 Å². The van der Waals surface area contributed by atoms with Crippen LogP contribution in [0.1, 0.15) is 31.7 Å². The SMILES string of the molecule is COC(=O)C1=CCCCC1S(=O)(=O)Nc1ccc(CNC(C)=O)cc1. The van der Waals surface area contributed by atoms with Crippen LogP contribution in [0, 0.1) is 0 Å². The van der Waals surface area contributed by atoms with Gasteiger partial charge < -0.3 is 10.1 Å². The van der Waals surface area contributed by atoms with Crippen LogP contribution in [0.25, 0.3) is 0 Å². The van der Waals surface area contributed by atoms with E-state index in [2.05, 4.69) is 10.0 Å². The fourth-order valence-corrected chi connectivity index (χ4v) is 4.27. The zero-order valence-electron chi connectivity index (χ0n) is 14.2. The first-order valence-corrected chi connectivity index (χ1v) is 9.51. The second kappa shape index (κ2) is 8.15. The van der Waals surface area contributed by atoms with Crippen LogP contribution in [0.15, 0.2) is 35.9 Å². The molecule has 0 saturated carbocycles. The van der Waals surface area contributed by atoms with E-state index in [1.807, 2.05) is 0 Å². The van der Waals surface area contributed by atoms with Crippen molar-refractivity contribution in [3.05, 3.63) is 41.5 Å². The van der Waals surface area contributed by atoms with Crippen molar-refractivity contribution in [1.82, 2.24) is 5.32 Å². The van der Waals surface area contributed by atoms with Gasteiger partial charge >= 0.3 is 5.97 Å². The molecule has 0 spiro atoms. The Morgan fingerprint density at radius 3 is 2.52 bits per heavy atom. The lowest BCUT2D eigenvalue weighted by Gasteiger charge is -2.23. The van der Waals surface area contributed by atoms with Crippen LogP contribution in [0.3, 0.4) is 0 Å². The molecule has 136 valence electrons. The van der Waals surface area contributed by atoms with Gasteiger partial charge in [0.2, 0.25) is 15.9 Å². The molecule has 8 heteroatoms. The Labute approximate surface area is 147 Å². The maximum Gasteiger partial charge on any atom is 0.334 e. The lowest BCUT2D eigenvalue weighted by molar-refractivity contribution is -0.136. The number of nitrogens with one attached hydrogen (secondary N) is 2. The molecule has 0 aliphatic heterocycles. The standard InChI is InChI=1S/C17H22N2O5S/c1-12(20)18-11-13-7-9-14(10-8-13)19-25(22,23)16-6-4-3-5-15(16)17(21)24-2/h5,7-10,16,19H,3-4,6,11H2,1-2H3,(H,18,20). The Morgan fingerprint density at radius 2 is 1.92 bits per heavy atom. The topological polar surface area (TPSA) is 102 Å². The molecule has 1 aromatic rings. The summed E-state index contributed by atoms with van der Waals surface area (Å²) >= 11 is 0. The van der Waals surface area contributed by atoms with E-state index < -0.39 is 21.2 Å². The lowest BCUT2D eigenvalue weighted by Crippen LogP contribution is -2.34. The van der Waals surface area contributed by atoms with E-state index in [-0.39, 0.29) is 11.5 Å². The summed E-state index contributed by atoms with van der Waals surface area (Å²) in [5, 5.41) is 1.75. The molecule has 0 heterocycles. The number of rotatable bonds is 6. The smallest absolute Gasteiger partial charge is 0.334 e. The van der Waals surface area contributed by atoms with Gasteiger partial charge in [0.25, 0.3) is 0 Å². The first-order valence-electron chi connectivity index (χ1n) is 7.97. The molecular formula is C17H22N2O5S. The minimum Gasteiger partial charge on any atom is -0.466 e. The summed E-state index contributed by atoms with van der Waals surface area (Å²) in [7, 11) is -2.53. The number of esters is 1. The molecule has 0 saturated heterocycles. The maximum absolute atomic E-state index is 12.7. The van der Waals surface area contributed by atoms with Gasteiger partial charge in [0.15, 0.2) is 0 Å². The van der Waals surface area contributed by atoms with Crippen molar-refractivity contribution >= 4 is 27.6 Å². The molecule has 1 aromatic carbocycles. The monoisotopic (exact) mass is 366 g/mol. The van der Waals surface area contributed by atoms with E-state index in [1.165, 1.54) is 14.0 Å². The van der Waals surface area contributed by atoms with Gasteiger partial charge in [-0.05, 0) is 37.0 Å². The zero-order valence-corrected chi connectivity index (χ0v) is 15.1. The molecule has 25 heavy (non-hydrogen) atoms. The fourth-order valence-electron chi connectivity index (χ4n) is 2.66. The number of amides is 1. The van der Waals surface area contributed by atoms with E-state index >= 15 is 0 Å². The largest absolute Gasteiger partial charge is 0.466 e. The quantitative estimate of drug-likeness (QED) is 0.747. The molecule has 1 amide bonds. The fraction of sp³-hybridized carbons (Fsp3) is 0.412. The summed E-state index contributed by atoms with van der Waals surface area (Å²) < 4.78 is 32.6. The van der Waals surface area contributed by atoms with Crippen molar-refractivity contribution in [3.63, 3.8) is 0 Å². The summed E-state index contributed by atoms with van der Waals surface area (Å²) in [6.07, 6.45) is 3.36. The summed E-state index contributed by atoms with van der Waals surface area (Å²) in [5.74, 6) is -0.745. The third-order valence-corrected chi connectivity index (χ3v) is 5.69. The van der Waals surface area contributed by atoms with Gasteiger partial charge in [-0.25, -0.2) is 13.2 Å². The number of hydrogen-bond donors (Lipinski definition) is 2. The van der Waals surface area contributed by atoms with E-state index in [4.69, 9.17) is 4.74 Å². The number of benzene rings is 1. The first-order chi connectivity index (χ1) is 11.8. The number of allylic oxidation sites excluding steroid dienone is 1. The first kappa shape index (κ1) is 19.0. The Balaban J connectivity index is 2.12. The third kappa shape index (κ3) is 5.06. The third-order valence-electron chi connectivity index (χ3n) is 3.93. The highest BCUT2D eigenvalue weighted by Crippen LogP contribution is 2.27. The number of anilines is 1. The van der Waals surface area contributed by atoms with Gasteiger partial charge in [0.05, 0.1) is 12.7 Å². The van der Waals surface area contributed by atoms with Crippen molar-refractivity contribution in [3.8, 4) is 0 Å².